The smallest absolute Gasteiger partial charge is 0.0634 e. The summed E-state index contributed by atoms with van der Waals surface area (Å²) in [5.41, 5.74) is 10.9. The normalized spacial score (nSPS) is 42.0. The largest absolute Gasteiger partial charge is 0.378 e. The molecular weight excluding hydrogens is 92.1 g/mol. The summed E-state index contributed by atoms with van der Waals surface area (Å²) in [5.74, 6) is 0. The molecule has 0 aliphatic carbocycles. The Morgan fingerprint density at radius 3 is 1.71 bits per heavy atom. The van der Waals surface area contributed by atoms with Gasteiger partial charge in [-0.2, -0.15) is 0 Å². The lowest BCUT2D eigenvalue weighted by Crippen LogP contribution is -2.39. The zero-order valence-corrected chi connectivity index (χ0v) is 4.13. The molecule has 0 radical (unpaired) electrons. The third-order valence-electron chi connectivity index (χ3n) is 1.17. The average Bonchev–Trinajstić information content (AvgIpc) is 1.91. The molecule has 0 aromatic rings. The van der Waals surface area contributed by atoms with Crippen LogP contribution in [0.15, 0.2) is 0 Å². The lowest BCUT2D eigenvalue weighted by molar-refractivity contribution is 0.191. The van der Waals surface area contributed by atoms with E-state index in [4.69, 9.17) is 16.2 Å². The summed E-state index contributed by atoms with van der Waals surface area (Å²) in [6.45, 7) is 1.25. The van der Waals surface area contributed by atoms with E-state index in [-0.39, 0.29) is 12.1 Å². The third-order valence-corrected chi connectivity index (χ3v) is 1.17. The highest BCUT2D eigenvalue weighted by Gasteiger charge is 2.19. The first kappa shape index (κ1) is 5.03. The van der Waals surface area contributed by atoms with Crippen LogP contribution in [0.3, 0.4) is 0 Å². The van der Waals surface area contributed by atoms with Crippen molar-refractivity contribution in [1.29, 1.82) is 0 Å². The number of nitrogens with two attached hydrogens (primary N) is 2. The number of rotatable bonds is 0. The van der Waals surface area contributed by atoms with Gasteiger partial charge < -0.3 is 16.2 Å². The van der Waals surface area contributed by atoms with E-state index in [9.17, 15) is 0 Å². The molecule has 42 valence electrons. The predicted molar refractivity (Wildman–Crippen MR) is 26.8 cm³/mol. The first-order chi connectivity index (χ1) is 3.30. The molecule has 1 rings (SSSR count). The fraction of sp³-hybridized carbons (Fsp3) is 1.00. The van der Waals surface area contributed by atoms with Gasteiger partial charge in [0.25, 0.3) is 0 Å². The summed E-state index contributed by atoms with van der Waals surface area (Å²) in [5, 5.41) is 0. The average molecular weight is 102 g/mol. The predicted octanol–water partition coefficient (Wildman–Crippen LogP) is -1.33. The zero-order valence-electron chi connectivity index (χ0n) is 4.13. The number of hydrogen-bond acceptors (Lipinski definition) is 3. The van der Waals surface area contributed by atoms with Crippen LogP contribution in [0.2, 0.25) is 0 Å². The van der Waals surface area contributed by atoms with Gasteiger partial charge in [-0.25, -0.2) is 0 Å². The van der Waals surface area contributed by atoms with E-state index < -0.39 is 0 Å². The Morgan fingerprint density at radius 1 is 1.14 bits per heavy atom. The first-order valence-electron chi connectivity index (χ1n) is 2.39. The standard InChI is InChI=1S/C4H10N2O/c5-3-1-7-2-4(3)6/h3-4H,1-2,5-6H2. The summed E-state index contributed by atoms with van der Waals surface area (Å²) in [6.07, 6.45) is 0. The van der Waals surface area contributed by atoms with Crippen molar-refractivity contribution in [3.63, 3.8) is 0 Å². The number of hydrogen-bond donors (Lipinski definition) is 2. The van der Waals surface area contributed by atoms with Crippen LogP contribution >= 0.6 is 0 Å². The highest BCUT2D eigenvalue weighted by atomic mass is 16.5. The van der Waals surface area contributed by atoms with Gasteiger partial charge in [-0.15, -0.1) is 0 Å². The molecular formula is C4H10N2O. The van der Waals surface area contributed by atoms with Gasteiger partial charge >= 0.3 is 0 Å². The van der Waals surface area contributed by atoms with Gasteiger partial charge in [0, 0.05) is 12.1 Å². The van der Waals surface area contributed by atoms with Crippen LogP contribution in [0.25, 0.3) is 0 Å². The number of ether oxygens (including phenoxy) is 1. The van der Waals surface area contributed by atoms with E-state index in [1.165, 1.54) is 0 Å². The Labute approximate surface area is 42.6 Å². The van der Waals surface area contributed by atoms with Crippen molar-refractivity contribution in [1.82, 2.24) is 0 Å². The summed E-state index contributed by atoms with van der Waals surface area (Å²) in [7, 11) is 0. The van der Waals surface area contributed by atoms with E-state index in [1.807, 2.05) is 0 Å². The topological polar surface area (TPSA) is 61.3 Å². The van der Waals surface area contributed by atoms with Gasteiger partial charge in [-0.3, -0.25) is 0 Å². The Kier molecular flexibility index (Phi) is 1.27. The lowest BCUT2D eigenvalue weighted by atomic mass is 10.2. The fourth-order valence-corrected chi connectivity index (χ4v) is 0.587. The molecule has 0 spiro atoms. The maximum atomic E-state index is 5.43. The molecule has 3 nitrogen and oxygen atoms in total. The quantitative estimate of drug-likeness (QED) is 0.398. The molecule has 2 unspecified atom stereocenters. The van der Waals surface area contributed by atoms with Crippen LogP contribution in [0.4, 0.5) is 0 Å². The van der Waals surface area contributed by atoms with Crippen molar-refractivity contribution in [3.05, 3.63) is 0 Å². The maximum Gasteiger partial charge on any atom is 0.0634 e. The highest BCUT2D eigenvalue weighted by Crippen LogP contribution is 1.97. The second-order valence-electron chi connectivity index (χ2n) is 1.87. The molecule has 0 amide bonds. The van der Waals surface area contributed by atoms with Crippen LogP contribution in [0, 0.1) is 0 Å². The van der Waals surface area contributed by atoms with E-state index >= 15 is 0 Å². The summed E-state index contributed by atoms with van der Waals surface area (Å²) in [4.78, 5) is 0. The van der Waals surface area contributed by atoms with Crippen LogP contribution in [0.1, 0.15) is 0 Å². The lowest BCUT2D eigenvalue weighted by Gasteiger charge is -2.02. The van der Waals surface area contributed by atoms with Crippen molar-refractivity contribution in [2.45, 2.75) is 12.1 Å². The van der Waals surface area contributed by atoms with E-state index in [0.29, 0.717) is 13.2 Å². The van der Waals surface area contributed by atoms with Crippen LogP contribution in [-0.2, 0) is 4.74 Å². The molecule has 4 N–H and O–H groups in total. The Hall–Kier alpha value is -0.120. The molecule has 3 heteroatoms. The van der Waals surface area contributed by atoms with Gasteiger partial charge in [-0.1, -0.05) is 0 Å². The minimum Gasteiger partial charge on any atom is -0.378 e. The molecule has 1 saturated heterocycles. The molecule has 0 bridgehead atoms. The van der Waals surface area contributed by atoms with Crippen molar-refractivity contribution < 1.29 is 4.74 Å². The molecule has 0 saturated carbocycles. The second-order valence-corrected chi connectivity index (χ2v) is 1.87. The first-order valence-corrected chi connectivity index (χ1v) is 2.39. The molecule has 7 heavy (non-hydrogen) atoms. The van der Waals surface area contributed by atoms with Crippen molar-refractivity contribution in [3.8, 4) is 0 Å². The third kappa shape index (κ3) is 0.907. The van der Waals surface area contributed by atoms with E-state index in [1.54, 1.807) is 0 Å². The monoisotopic (exact) mass is 102 g/mol. The molecule has 1 aliphatic heterocycles. The van der Waals surface area contributed by atoms with Gasteiger partial charge in [0.05, 0.1) is 13.2 Å². The molecule has 0 aromatic carbocycles. The fourth-order valence-electron chi connectivity index (χ4n) is 0.587. The Bertz CT molecular complexity index is 58.7. The summed E-state index contributed by atoms with van der Waals surface area (Å²) in [6, 6.07) is 0.139. The molecule has 1 fully saturated rings. The van der Waals surface area contributed by atoms with Gasteiger partial charge in [0.1, 0.15) is 0 Å². The Morgan fingerprint density at radius 2 is 1.57 bits per heavy atom. The van der Waals surface area contributed by atoms with E-state index in [2.05, 4.69) is 0 Å². The summed E-state index contributed by atoms with van der Waals surface area (Å²) < 4.78 is 4.92. The second kappa shape index (κ2) is 1.78. The van der Waals surface area contributed by atoms with Crippen LogP contribution < -0.4 is 11.5 Å². The van der Waals surface area contributed by atoms with Crippen molar-refractivity contribution >= 4 is 0 Å². The zero-order chi connectivity index (χ0) is 5.28. The minimum atomic E-state index is 0.0694. The van der Waals surface area contributed by atoms with Crippen LogP contribution in [0.5, 0.6) is 0 Å². The van der Waals surface area contributed by atoms with Crippen molar-refractivity contribution in [2.75, 3.05) is 13.2 Å². The molecule has 1 aliphatic rings. The van der Waals surface area contributed by atoms with Gasteiger partial charge in [0.15, 0.2) is 0 Å². The van der Waals surface area contributed by atoms with Gasteiger partial charge in [-0.05, 0) is 0 Å². The van der Waals surface area contributed by atoms with Gasteiger partial charge in [0.2, 0.25) is 0 Å². The Balaban J connectivity index is 2.33. The SMILES string of the molecule is NC1COCC1N. The van der Waals surface area contributed by atoms with E-state index in [0.717, 1.165) is 0 Å². The van der Waals surface area contributed by atoms with Crippen LogP contribution in [-0.4, -0.2) is 25.3 Å². The minimum absolute atomic E-state index is 0.0694. The maximum absolute atomic E-state index is 5.43. The molecule has 0 aromatic heterocycles. The molecule has 1 heterocycles. The molecule has 2 atom stereocenters. The summed E-state index contributed by atoms with van der Waals surface area (Å²) >= 11 is 0. The highest BCUT2D eigenvalue weighted by molar-refractivity contribution is 4.80. The van der Waals surface area contributed by atoms with Crippen molar-refractivity contribution in [2.24, 2.45) is 11.5 Å².